The first-order valence-electron chi connectivity index (χ1n) is 8.97. The molecule has 0 aliphatic heterocycles. The van der Waals surface area contributed by atoms with Gasteiger partial charge >= 0.3 is 12.1 Å². The van der Waals surface area contributed by atoms with E-state index < -0.39 is 48.4 Å². The zero-order chi connectivity index (χ0) is 24.8. The largest absolute Gasteiger partial charge is 0.493 e. The fraction of sp³-hybridized carbons (Fsp3) is 0.250. The molecule has 0 aromatic heterocycles. The monoisotopic (exact) mass is 490 g/mol. The van der Waals surface area contributed by atoms with Crippen LogP contribution in [0, 0.1) is 0 Å². The number of carbonyl (C=O) groups excluding carboxylic acids is 3. The van der Waals surface area contributed by atoms with Gasteiger partial charge in [-0.15, -0.1) is 0 Å². The first kappa shape index (κ1) is 25.6. The van der Waals surface area contributed by atoms with Crippen molar-refractivity contribution < 1.29 is 46.5 Å². The van der Waals surface area contributed by atoms with Crippen LogP contribution < -0.4 is 25.3 Å². The predicted octanol–water partition coefficient (Wildman–Crippen LogP) is 3.04. The Bertz CT molecular complexity index is 1040. The number of alkyl halides is 3. The van der Waals surface area contributed by atoms with Gasteiger partial charge in [-0.25, -0.2) is 4.79 Å². The van der Waals surface area contributed by atoms with Crippen LogP contribution in [-0.2, 0) is 20.5 Å². The van der Waals surface area contributed by atoms with Gasteiger partial charge in [-0.2, -0.15) is 13.2 Å². The summed E-state index contributed by atoms with van der Waals surface area (Å²) >= 11 is 5.59. The molecule has 13 heteroatoms. The number of esters is 1. The maximum atomic E-state index is 13.1. The molecule has 2 amide bonds. The van der Waals surface area contributed by atoms with Gasteiger partial charge in [-0.1, -0.05) is 11.6 Å². The van der Waals surface area contributed by atoms with Crippen LogP contribution in [0.2, 0.25) is 5.02 Å². The average molecular weight is 491 g/mol. The van der Waals surface area contributed by atoms with E-state index in [-0.39, 0.29) is 27.8 Å². The van der Waals surface area contributed by atoms with Gasteiger partial charge in [-0.3, -0.25) is 9.59 Å². The maximum Gasteiger partial charge on any atom is 0.418 e. The van der Waals surface area contributed by atoms with E-state index in [1.165, 1.54) is 32.4 Å². The molecule has 0 bridgehead atoms. The topological polar surface area (TPSA) is 126 Å². The number of hydrogen-bond donors (Lipinski definition) is 2. The van der Waals surface area contributed by atoms with Crippen molar-refractivity contribution in [2.75, 3.05) is 32.8 Å². The van der Waals surface area contributed by atoms with Crippen molar-refractivity contribution in [1.29, 1.82) is 0 Å². The van der Waals surface area contributed by atoms with Gasteiger partial charge in [-0.05, 0) is 30.3 Å². The lowest BCUT2D eigenvalue weighted by atomic mass is 10.1. The van der Waals surface area contributed by atoms with Crippen molar-refractivity contribution in [1.82, 2.24) is 0 Å². The second kappa shape index (κ2) is 10.8. The number of nitrogens with two attached hydrogens (primary N) is 1. The normalized spacial score (nSPS) is 10.8. The highest BCUT2D eigenvalue weighted by Gasteiger charge is 2.34. The minimum Gasteiger partial charge on any atom is -0.493 e. The Labute approximate surface area is 190 Å². The maximum absolute atomic E-state index is 13.1. The highest BCUT2D eigenvalue weighted by atomic mass is 35.5. The van der Waals surface area contributed by atoms with Crippen LogP contribution in [0.5, 0.6) is 17.2 Å². The Hall–Kier alpha value is -3.67. The van der Waals surface area contributed by atoms with Crippen molar-refractivity contribution in [3.63, 3.8) is 0 Å². The molecule has 0 heterocycles. The minimum absolute atomic E-state index is 0.00276. The van der Waals surface area contributed by atoms with Crippen molar-refractivity contribution in [3.8, 4) is 17.2 Å². The third kappa shape index (κ3) is 6.91. The van der Waals surface area contributed by atoms with Crippen molar-refractivity contribution in [3.05, 3.63) is 46.5 Å². The van der Waals surface area contributed by atoms with Crippen LogP contribution in [0.1, 0.15) is 15.9 Å². The summed E-state index contributed by atoms with van der Waals surface area (Å²) in [5, 5.41) is 1.86. The molecule has 0 atom stereocenters. The summed E-state index contributed by atoms with van der Waals surface area (Å²) in [6.45, 7) is -1.37. The number of ether oxygens (including phenoxy) is 4. The summed E-state index contributed by atoms with van der Waals surface area (Å²) in [7, 11) is 2.53. The molecular weight excluding hydrogens is 473 g/mol. The smallest absolute Gasteiger partial charge is 0.418 e. The zero-order valence-corrected chi connectivity index (χ0v) is 18.0. The van der Waals surface area contributed by atoms with E-state index in [2.05, 4.69) is 0 Å². The SMILES string of the molecule is COc1cc(C(=O)OCC(=O)Nc2ccc(Cl)cc2C(F)(F)F)cc(OC)c1OCC(N)=O. The lowest BCUT2D eigenvalue weighted by molar-refractivity contribution is -0.137. The van der Waals surface area contributed by atoms with E-state index in [1.54, 1.807) is 0 Å². The van der Waals surface area contributed by atoms with Gasteiger partial charge in [0.05, 0.1) is 31.0 Å². The van der Waals surface area contributed by atoms with Gasteiger partial charge < -0.3 is 30.0 Å². The second-order valence-corrected chi connectivity index (χ2v) is 6.71. The third-order valence-corrected chi connectivity index (χ3v) is 4.19. The van der Waals surface area contributed by atoms with Crippen LogP contribution in [0.25, 0.3) is 0 Å². The Morgan fingerprint density at radius 1 is 1.03 bits per heavy atom. The fourth-order valence-electron chi connectivity index (χ4n) is 2.54. The Balaban J connectivity index is 2.13. The van der Waals surface area contributed by atoms with Crippen LogP contribution in [0.3, 0.4) is 0 Å². The molecule has 0 radical (unpaired) electrons. The molecule has 3 N–H and O–H groups in total. The standard InChI is InChI=1S/C20H18ClF3N2O7/c1-30-14-5-10(6-15(31-2)18(14)32-8-16(25)27)19(29)33-9-17(28)26-13-4-3-11(21)7-12(13)20(22,23)24/h3-7H,8-9H2,1-2H3,(H2,25,27)(H,26,28). The summed E-state index contributed by atoms with van der Waals surface area (Å²) in [5.74, 6) is -2.78. The second-order valence-electron chi connectivity index (χ2n) is 6.28. The Morgan fingerprint density at radius 2 is 1.64 bits per heavy atom. The zero-order valence-electron chi connectivity index (χ0n) is 17.2. The molecule has 0 unspecified atom stereocenters. The molecule has 178 valence electrons. The van der Waals surface area contributed by atoms with E-state index in [0.717, 1.165) is 6.07 Å². The summed E-state index contributed by atoms with van der Waals surface area (Å²) in [6, 6.07) is 5.19. The summed E-state index contributed by atoms with van der Waals surface area (Å²) in [5.41, 5.74) is 3.21. The molecule has 0 saturated carbocycles. The van der Waals surface area contributed by atoms with Gasteiger partial charge in [0.1, 0.15) is 0 Å². The molecule has 2 aromatic rings. The highest BCUT2D eigenvalue weighted by molar-refractivity contribution is 6.30. The number of methoxy groups -OCH3 is 2. The lowest BCUT2D eigenvalue weighted by Gasteiger charge is -2.15. The van der Waals surface area contributed by atoms with Crippen LogP contribution >= 0.6 is 11.6 Å². The summed E-state index contributed by atoms with van der Waals surface area (Å²) in [6.07, 6.45) is -4.77. The van der Waals surface area contributed by atoms with Crippen LogP contribution in [0.15, 0.2) is 30.3 Å². The highest BCUT2D eigenvalue weighted by Crippen LogP contribution is 2.39. The van der Waals surface area contributed by atoms with E-state index in [0.29, 0.717) is 6.07 Å². The molecule has 2 aromatic carbocycles. The summed E-state index contributed by atoms with van der Waals surface area (Å²) < 4.78 is 59.7. The third-order valence-electron chi connectivity index (χ3n) is 3.95. The first-order chi connectivity index (χ1) is 15.5. The van der Waals surface area contributed by atoms with Gasteiger partial charge in [0.25, 0.3) is 11.8 Å². The fourth-order valence-corrected chi connectivity index (χ4v) is 2.72. The van der Waals surface area contributed by atoms with Crippen molar-refractivity contribution in [2.24, 2.45) is 5.73 Å². The van der Waals surface area contributed by atoms with E-state index in [1.807, 2.05) is 5.32 Å². The molecule has 2 rings (SSSR count). The Morgan fingerprint density at radius 3 is 2.15 bits per heavy atom. The molecule has 0 fully saturated rings. The first-order valence-corrected chi connectivity index (χ1v) is 9.35. The number of anilines is 1. The van der Waals surface area contributed by atoms with Crippen LogP contribution in [0.4, 0.5) is 18.9 Å². The number of primary amides is 1. The number of hydrogen-bond acceptors (Lipinski definition) is 7. The van der Waals surface area contributed by atoms with Crippen molar-refractivity contribution in [2.45, 2.75) is 6.18 Å². The van der Waals surface area contributed by atoms with Crippen LogP contribution in [-0.4, -0.2) is 45.2 Å². The number of halogens is 4. The quantitative estimate of drug-likeness (QED) is 0.517. The molecular formula is C20H18ClF3N2O7. The average Bonchev–Trinajstić information content (AvgIpc) is 2.75. The van der Waals surface area contributed by atoms with E-state index >= 15 is 0 Å². The van der Waals surface area contributed by atoms with E-state index in [9.17, 15) is 27.6 Å². The minimum atomic E-state index is -4.77. The van der Waals surface area contributed by atoms with Gasteiger partial charge in [0, 0.05) is 5.02 Å². The molecule has 0 saturated heterocycles. The number of benzene rings is 2. The molecule has 0 aliphatic rings. The van der Waals surface area contributed by atoms with Crippen molar-refractivity contribution >= 4 is 35.1 Å². The number of amides is 2. The number of rotatable bonds is 9. The molecule has 0 aliphatic carbocycles. The number of carbonyl (C=O) groups is 3. The van der Waals surface area contributed by atoms with Gasteiger partial charge in [0.2, 0.25) is 5.75 Å². The lowest BCUT2D eigenvalue weighted by Crippen LogP contribution is -2.23. The molecule has 9 nitrogen and oxygen atoms in total. The molecule has 33 heavy (non-hydrogen) atoms. The summed E-state index contributed by atoms with van der Waals surface area (Å²) in [4.78, 5) is 35.4. The van der Waals surface area contributed by atoms with E-state index in [4.69, 9.17) is 36.3 Å². The Kier molecular flexibility index (Phi) is 8.35. The predicted molar refractivity (Wildman–Crippen MR) is 110 cm³/mol. The number of nitrogens with one attached hydrogen (secondary N) is 1. The molecule has 0 spiro atoms. The van der Waals surface area contributed by atoms with Gasteiger partial charge in [0.15, 0.2) is 24.7 Å².